The minimum atomic E-state index is 0. The predicted molar refractivity (Wildman–Crippen MR) is 90.4 cm³/mol. The van der Waals surface area contributed by atoms with Gasteiger partial charge in [0.15, 0.2) is 0 Å². The van der Waals surface area contributed by atoms with Gasteiger partial charge in [0.05, 0.1) is 27.2 Å². The van der Waals surface area contributed by atoms with E-state index in [0.29, 0.717) is 0 Å². The third-order valence-corrected chi connectivity index (χ3v) is 3.95. The summed E-state index contributed by atoms with van der Waals surface area (Å²) in [5.41, 5.74) is 0. The predicted octanol–water partition coefficient (Wildman–Crippen LogP) is -3.07. The zero-order valence-corrected chi connectivity index (χ0v) is 20.2. The maximum atomic E-state index is 2.26. The van der Waals surface area contributed by atoms with Crippen molar-refractivity contribution in [3.05, 3.63) is 36.9 Å². The fourth-order valence-electron chi connectivity index (χ4n) is 2.43. The van der Waals surface area contributed by atoms with Crippen LogP contribution in [0.3, 0.4) is 0 Å². The van der Waals surface area contributed by atoms with Crippen molar-refractivity contribution in [2.24, 2.45) is 14.1 Å². The van der Waals surface area contributed by atoms with Crippen LogP contribution in [0.1, 0.15) is 51.8 Å². The first-order valence-corrected chi connectivity index (χ1v) is 8.60. The number of unbranched alkanes of at least 4 members (excludes halogenated alkanes) is 3. The van der Waals surface area contributed by atoms with E-state index in [1.54, 1.807) is 0 Å². The Kier molecular flexibility index (Phi) is 16.5. The molecule has 0 bridgehead atoms. The van der Waals surface area contributed by atoms with Gasteiger partial charge in [0, 0.05) is 6.92 Å². The van der Waals surface area contributed by atoms with E-state index < -0.39 is 0 Å². The molecule has 0 aliphatic rings. The van der Waals surface area contributed by atoms with Crippen LogP contribution in [0.2, 0.25) is 0 Å². The third-order valence-electron chi connectivity index (χ3n) is 3.95. The zero-order chi connectivity index (χ0) is 16.4. The summed E-state index contributed by atoms with van der Waals surface area (Å²) >= 11 is 0. The minimum absolute atomic E-state index is 0. The molecule has 0 spiro atoms. The lowest BCUT2D eigenvalue weighted by atomic mass is 10.2. The van der Waals surface area contributed by atoms with Crippen molar-refractivity contribution in [3.8, 4) is 0 Å². The van der Waals surface area contributed by atoms with Gasteiger partial charge in [-0.15, -0.1) is 0 Å². The Morgan fingerprint density at radius 2 is 1.58 bits per heavy atom. The van der Waals surface area contributed by atoms with Crippen molar-refractivity contribution in [1.29, 1.82) is 0 Å². The molecule has 6 heteroatoms. The van der Waals surface area contributed by atoms with E-state index in [0.717, 1.165) is 6.54 Å². The number of aromatic nitrogens is 4. The second kappa shape index (κ2) is 15.2. The van der Waals surface area contributed by atoms with E-state index in [2.05, 4.69) is 84.2 Å². The van der Waals surface area contributed by atoms with Crippen LogP contribution >= 0.6 is 0 Å². The molecule has 0 saturated heterocycles. The normalized spacial score (nSPS) is 9.54. The van der Waals surface area contributed by atoms with Crippen molar-refractivity contribution < 1.29 is 57.1 Å². The van der Waals surface area contributed by atoms with Gasteiger partial charge in [0.2, 0.25) is 6.33 Å². The van der Waals surface area contributed by atoms with Gasteiger partial charge in [-0.1, -0.05) is 26.7 Å². The summed E-state index contributed by atoms with van der Waals surface area (Å²) in [6, 6.07) is 0. The summed E-state index contributed by atoms with van der Waals surface area (Å²) in [6.45, 7) is 8.87. The summed E-state index contributed by atoms with van der Waals surface area (Å²) in [5.74, 6) is 1.32. The molecule has 2 rings (SSSR count). The highest BCUT2D eigenvalue weighted by molar-refractivity contribution is 4.78. The molecule has 2 aromatic rings. The molecule has 0 aromatic carbocycles. The number of aryl methyl sites for hydroxylation is 4. The first kappa shape index (κ1) is 26.1. The van der Waals surface area contributed by atoms with Crippen LogP contribution in [0.25, 0.3) is 0 Å². The Bertz CT molecular complexity index is 535. The van der Waals surface area contributed by atoms with E-state index in [-0.39, 0.29) is 48.0 Å². The highest BCUT2D eigenvalue weighted by atomic mass is 127. The van der Waals surface area contributed by atoms with Gasteiger partial charge in [-0.3, -0.25) is 0 Å². The van der Waals surface area contributed by atoms with Gasteiger partial charge in [0.1, 0.15) is 24.8 Å². The second-order valence-corrected chi connectivity index (χ2v) is 6.03. The van der Waals surface area contributed by atoms with Crippen molar-refractivity contribution in [1.82, 2.24) is 9.13 Å². The molecule has 0 fully saturated rings. The third kappa shape index (κ3) is 10.0. The van der Waals surface area contributed by atoms with Gasteiger partial charge in [0.25, 0.3) is 5.82 Å². The molecule has 140 valence electrons. The van der Waals surface area contributed by atoms with E-state index in [9.17, 15) is 0 Å². The average molecular weight is 560 g/mol. The topological polar surface area (TPSA) is 17.6 Å². The molecule has 2 aromatic heterocycles. The van der Waals surface area contributed by atoms with Crippen LogP contribution in [-0.4, -0.2) is 9.13 Å². The number of imidazole rings is 2. The monoisotopic (exact) mass is 560 g/mol. The number of halogens is 2. The molecular formula is C18H34I2N4. The van der Waals surface area contributed by atoms with E-state index in [4.69, 9.17) is 0 Å². The Morgan fingerprint density at radius 1 is 0.875 bits per heavy atom. The van der Waals surface area contributed by atoms with E-state index >= 15 is 0 Å². The smallest absolute Gasteiger partial charge is 0.253 e. The summed E-state index contributed by atoms with van der Waals surface area (Å²) in [4.78, 5) is 0. The second-order valence-electron chi connectivity index (χ2n) is 6.03. The van der Waals surface area contributed by atoms with Gasteiger partial charge in [-0.25, -0.2) is 18.3 Å². The number of nitrogens with zero attached hydrogens (tertiary/aromatic N) is 4. The maximum Gasteiger partial charge on any atom is 0.253 e. The lowest BCUT2D eigenvalue weighted by Crippen LogP contribution is -3.00. The van der Waals surface area contributed by atoms with Crippen LogP contribution in [0, 0.1) is 6.92 Å². The Hall–Kier alpha value is -0.120. The number of hydrogen-bond donors (Lipinski definition) is 0. The quantitative estimate of drug-likeness (QED) is 0.195. The minimum Gasteiger partial charge on any atom is -1.00 e. The molecule has 0 amide bonds. The van der Waals surface area contributed by atoms with Gasteiger partial charge in [-0.05, 0) is 19.3 Å². The lowest BCUT2D eigenvalue weighted by molar-refractivity contribution is -0.677. The maximum absolute atomic E-state index is 2.26. The molecular weight excluding hydrogens is 526 g/mol. The SMILES string of the molecule is CCCCCCn1cc[n+](C)c1.CCCn1cc[n+](C)c1C.[I-].[I-]. The summed E-state index contributed by atoms with van der Waals surface area (Å²) in [6.07, 6.45) is 17.1. The molecule has 24 heavy (non-hydrogen) atoms. The Balaban J connectivity index is 0. The summed E-state index contributed by atoms with van der Waals surface area (Å²) in [5, 5.41) is 0. The molecule has 0 N–H and O–H groups in total. The first-order valence-electron chi connectivity index (χ1n) is 8.60. The Labute approximate surface area is 182 Å². The van der Waals surface area contributed by atoms with Crippen molar-refractivity contribution in [3.63, 3.8) is 0 Å². The van der Waals surface area contributed by atoms with Crippen LogP contribution in [0.15, 0.2) is 31.1 Å². The lowest BCUT2D eigenvalue weighted by Gasteiger charge is -1.95. The molecule has 0 atom stereocenters. The molecule has 0 aliphatic heterocycles. The summed E-state index contributed by atoms with van der Waals surface area (Å²) in [7, 11) is 4.13. The van der Waals surface area contributed by atoms with Crippen molar-refractivity contribution in [2.45, 2.75) is 66.0 Å². The van der Waals surface area contributed by atoms with Crippen LogP contribution in [0.4, 0.5) is 0 Å². The first-order chi connectivity index (χ1) is 10.6. The standard InChI is InChI=1S/C10H19N2.C8H15N2.2HI/c1-3-4-5-6-7-12-9-8-11(2)10-12;1-4-5-10-7-6-9(3)8(10)2;;/h8-10H,3-7H2,1-2H3;6-7H,4-5H2,1-3H3;2*1H/q2*+1;;/p-2. The molecule has 0 unspecified atom stereocenters. The van der Waals surface area contributed by atoms with Crippen LogP contribution in [-0.2, 0) is 27.2 Å². The Morgan fingerprint density at radius 3 is 2.04 bits per heavy atom. The van der Waals surface area contributed by atoms with E-state index in [1.165, 1.54) is 44.5 Å². The fourth-order valence-corrected chi connectivity index (χ4v) is 2.43. The number of rotatable bonds is 7. The van der Waals surface area contributed by atoms with Gasteiger partial charge < -0.3 is 48.0 Å². The van der Waals surface area contributed by atoms with Crippen LogP contribution in [0.5, 0.6) is 0 Å². The highest BCUT2D eigenvalue weighted by Gasteiger charge is 2.05. The molecule has 0 aliphatic carbocycles. The zero-order valence-electron chi connectivity index (χ0n) is 15.9. The fraction of sp³-hybridized carbons (Fsp3) is 0.667. The number of hydrogen-bond acceptors (Lipinski definition) is 0. The molecule has 2 heterocycles. The van der Waals surface area contributed by atoms with Crippen LogP contribution < -0.4 is 57.1 Å². The average Bonchev–Trinajstić information content (AvgIpc) is 3.05. The summed E-state index contributed by atoms with van der Waals surface area (Å²) < 4.78 is 8.73. The largest absolute Gasteiger partial charge is 1.00 e. The van der Waals surface area contributed by atoms with Gasteiger partial charge in [-0.2, -0.15) is 0 Å². The molecule has 4 nitrogen and oxygen atoms in total. The van der Waals surface area contributed by atoms with Crippen molar-refractivity contribution in [2.75, 3.05) is 0 Å². The highest BCUT2D eigenvalue weighted by Crippen LogP contribution is 2.00. The van der Waals surface area contributed by atoms with E-state index in [1.807, 2.05) is 0 Å². The van der Waals surface area contributed by atoms with Crippen molar-refractivity contribution >= 4 is 0 Å². The molecule has 0 radical (unpaired) electrons. The van der Waals surface area contributed by atoms with Gasteiger partial charge >= 0.3 is 0 Å². The molecule has 0 saturated carbocycles.